The molecule has 0 radical (unpaired) electrons. The van der Waals surface area contributed by atoms with E-state index in [2.05, 4.69) is 27.9 Å². The van der Waals surface area contributed by atoms with E-state index in [0.29, 0.717) is 12.2 Å². The monoisotopic (exact) mass is 512 g/mol. The number of nitrogens with one attached hydrogen (secondary N) is 3. The molecule has 2 aromatic rings. The molecule has 1 unspecified atom stereocenters. The van der Waals surface area contributed by atoms with Gasteiger partial charge in [0.1, 0.15) is 0 Å². The summed E-state index contributed by atoms with van der Waals surface area (Å²) in [5, 5.41) is 9.47. The molecule has 0 bridgehead atoms. The standard InChI is InChI=1S/C21H28N4O3.HI/c1-3-22-20(24-15-21(2)10-6-12-28-21)23-14-16-7-4-8-17(13-16)25-19(26)18-9-5-11-27-18;/h4-5,7-9,11,13H,3,6,10,12,14-15H2,1-2H3,(H,25,26)(H2,22,23,24);1H. The summed E-state index contributed by atoms with van der Waals surface area (Å²) in [7, 11) is 0. The summed E-state index contributed by atoms with van der Waals surface area (Å²) < 4.78 is 10.9. The van der Waals surface area contributed by atoms with Gasteiger partial charge < -0.3 is 25.1 Å². The Kier molecular flexibility index (Phi) is 8.97. The van der Waals surface area contributed by atoms with Crippen LogP contribution < -0.4 is 16.0 Å². The molecule has 0 aliphatic carbocycles. The number of hydrogen-bond donors (Lipinski definition) is 3. The van der Waals surface area contributed by atoms with Gasteiger partial charge >= 0.3 is 0 Å². The lowest BCUT2D eigenvalue weighted by molar-refractivity contribution is 0.0243. The van der Waals surface area contributed by atoms with Crippen LogP contribution in [0.4, 0.5) is 5.69 Å². The predicted molar refractivity (Wildman–Crippen MR) is 125 cm³/mol. The molecule has 0 saturated carbocycles. The van der Waals surface area contributed by atoms with Crippen molar-refractivity contribution in [1.29, 1.82) is 0 Å². The van der Waals surface area contributed by atoms with Crippen LogP contribution >= 0.6 is 24.0 Å². The first-order chi connectivity index (χ1) is 13.6. The lowest BCUT2D eigenvalue weighted by Crippen LogP contribution is -2.45. The van der Waals surface area contributed by atoms with Gasteiger partial charge in [-0.25, -0.2) is 4.99 Å². The molecule has 1 aromatic carbocycles. The molecule has 2 heterocycles. The fourth-order valence-corrected chi connectivity index (χ4v) is 3.11. The number of guanidine groups is 1. The normalized spacial score (nSPS) is 18.8. The highest BCUT2D eigenvalue weighted by Gasteiger charge is 2.29. The minimum atomic E-state index is -0.273. The summed E-state index contributed by atoms with van der Waals surface area (Å²) in [6.07, 6.45) is 3.63. The molecule has 1 atom stereocenters. The second-order valence-corrected chi connectivity index (χ2v) is 7.08. The van der Waals surface area contributed by atoms with Crippen LogP contribution in [-0.2, 0) is 11.3 Å². The summed E-state index contributed by atoms with van der Waals surface area (Å²) in [4.78, 5) is 16.8. The molecule has 1 aliphatic heterocycles. The number of carbonyl (C=O) groups excluding carboxylic acids is 1. The molecule has 1 saturated heterocycles. The lowest BCUT2D eigenvalue weighted by atomic mass is 10.0. The Hall–Kier alpha value is -2.07. The van der Waals surface area contributed by atoms with Gasteiger partial charge in [-0.15, -0.1) is 24.0 Å². The third-order valence-corrected chi connectivity index (χ3v) is 4.62. The Morgan fingerprint density at radius 1 is 1.24 bits per heavy atom. The molecule has 3 N–H and O–H groups in total. The van der Waals surface area contributed by atoms with E-state index >= 15 is 0 Å². The molecular weight excluding hydrogens is 483 g/mol. The van der Waals surface area contributed by atoms with Crippen LogP contribution in [0.2, 0.25) is 0 Å². The highest BCUT2D eigenvalue weighted by atomic mass is 127. The van der Waals surface area contributed by atoms with Crippen LogP contribution in [0.1, 0.15) is 42.8 Å². The minimum Gasteiger partial charge on any atom is -0.459 e. The SMILES string of the molecule is CCNC(=NCc1cccc(NC(=O)c2ccco2)c1)NCC1(C)CCCO1.I. The maximum Gasteiger partial charge on any atom is 0.291 e. The van der Waals surface area contributed by atoms with Crippen molar-refractivity contribution in [3.05, 3.63) is 54.0 Å². The number of rotatable bonds is 7. The van der Waals surface area contributed by atoms with Crippen LogP contribution in [0.15, 0.2) is 52.1 Å². The number of anilines is 1. The topological polar surface area (TPSA) is 87.9 Å². The number of nitrogens with zero attached hydrogens (tertiary/aromatic N) is 1. The first-order valence-electron chi connectivity index (χ1n) is 9.68. The second kappa shape index (κ2) is 11.2. The largest absolute Gasteiger partial charge is 0.459 e. The quantitative estimate of drug-likeness (QED) is 0.299. The van der Waals surface area contributed by atoms with Gasteiger partial charge in [-0.3, -0.25) is 4.79 Å². The molecule has 1 aromatic heterocycles. The summed E-state index contributed by atoms with van der Waals surface area (Å²) in [5.41, 5.74) is 1.57. The summed E-state index contributed by atoms with van der Waals surface area (Å²) >= 11 is 0. The maximum atomic E-state index is 12.1. The number of furan rings is 1. The van der Waals surface area contributed by atoms with Gasteiger partial charge in [-0.05, 0) is 56.5 Å². The Labute approximate surface area is 188 Å². The van der Waals surface area contributed by atoms with E-state index in [9.17, 15) is 4.79 Å². The highest BCUT2D eigenvalue weighted by molar-refractivity contribution is 14.0. The smallest absolute Gasteiger partial charge is 0.291 e. The fraction of sp³-hybridized carbons (Fsp3) is 0.429. The van der Waals surface area contributed by atoms with Crippen molar-refractivity contribution in [2.75, 3.05) is 25.0 Å². The van der Waals surface area contributed by atoms with Crippen molar-refractivity contribution in [2.24, 2.45) is 4.99 Å². The molecule has 8 heteroatoms. The van der Waals surface area contributed by atoms with E-state index in [0.717, 1.165) is 44.1 Å². The molecule has 1 amide bonds. The highest BCUT2D eigenvalue weighted by Crippen LogP contribution is 2.23. The minimum absolute atomic E-state index is 0. The van der Waals surface area contributed by atoms with E-state index in [1.807, 2.05) is 31.2 Å². The number of aliphatic imine (C=N–C) groups is 1. The summed E-state index contributed by atoms with van der Waals surface area (Å²) in [5.74, 6) is 0.763. The van der Waals surface area contributed by atoms with Gasteiger partial charge in [-0.2, -0.15) is 0 Å². The Morgan fingerprint density at radius 2 is 2.10 bits per heavy atom. The van der Waals surface area contributed by atoms with Crippen LogP contribution in [-0.4, -0.2) is 37.2 Å². The predicted octanol–water partition coefficient (Wildman–Crippen LogP) is 3.77. The van der Waals surface area contributed by atoms with Crippen molar-refractivity contribution in [3.63, 3.8) is 0 Å². The number of benzene rings is 1. The third kappa shape index (κ3) is 7.04. The second-order valence-electron chi connectivity index (χ2n) is 7.08. The van der Waals surface area contributed by atoms with Gasteiger partial charge in [0.05, 0.1) is 18.4 Å². The molecule has 158 valence electrons. The average Bonchev–Trinajstić information content (AvgIpc) is 3.37. The zero-order valence-corrected chi connectivity index (χ0v) is 19.2. The van der Waals surface area contributed by atoms with Gasteiger partial charge in [0.25, 0.3) is 5.91 Å². The van der Waals surface area contributed by atoms with E-state index in [1.54, 1.807) is 12.1 Å². The first kappa shape index (κ1) is 23.2. The van der Waals surface area contributed by atoms with Crippen LogP contribution in [0.5, 0.6) is 0 Å². The maximum absolute atomic E-state index is 12.1. The molecule has 3 rings (SSSR count). The van der Waals surface area contributed by atoms with E-state index < -0.39 is 0 Å². The molecule has 1 fully saturated rings. The van der Waals surface area contributed by atoms with Crippen LogP contribution in [0, 0.1) is 0 Å². The van der Waals surface area contributed by atoms with Crippen molar-refractivity contribution < 1.29 is 13.9 Å². The van der Waals surface area contributed by atoms with E-state index in [1.165, 1.54) is 6.26 Å². The van der Waals surface area contributed by atoms with Crippen molar-refractivity contribution in [2.45, 2.75) is 38.8 Å². The van der Waals surface area contributed by atoms with Gasteiger partial charge in [0, 0.05) is 25.4 Å². The average molecular weight is 512 g/mol. The lowest BCUT2D eigenvalue weighted by Gasteiger charge is -2.24. The number of ether oxygens (including phenoxy) is 1. The Balaban J connectivity index is 0.00000300. The summed E-state index contributed by atoms with van der Waals surface area (Å²) in [6.45, 7) is 6.98. The third-order valence-electron chi connectivity index (χ3n) is 4.62. The number of carbonyl (C=O) groups is 1. The number of hydrogen-bond acceptors (Lipinski definition) is 4. The number of halogens is 1. The van der Waals surface area contributed by atoms with Crippen LogP contribution in [0.25, 0.3) is 0 Å². The Morgan fingerprint density at radius 3 is 2.79 bits per heavy atom. The summed E-state index contributed by atoms with van der Waals surface area (Å²) in [6, 6.07) is 11.0. The van der Waals surface area contributed by atoms with Crippen molar-refractivity contribution >= 4 is 41.5 Å². The molecule has 0 spiro atoms. The van der Waals surface area contributed by atoms with Gasteiger partial charge in [0.2, 0.25) is 0 Å². The zero-order chi connectivity index (χ0) is 19.8. The number of amides is 1. The van der Waals surface area contributed by atoms with E-state index in [4.69, 9.17) is 9.15 Å². The van der Waals surface area contributed by atoms with Crippen molar-refractivity contribution in [3.8, 4) is 0 Å². The van der Waals surface area contributed by atoms with Crippen molar-refractivity contribution in [1.82, 2.24) is 10.6 Å². The fourth-order valence-electron chi connectivity index (χ4n) is 3.11. The molecular formula is C21H29IN4O3. The zero-order valence-electron chi connectivity index (χ0n) is 16.9. The van der Waals surface area contributed by atoms with Crippen LogP contribution in [0.3, 0.4) is 0 Å². The molecule has 29 heavy (non-hydrogen) atoms. The Bertz CT molecular complexity index is 802. The van der Waals surface area contributed by atoms with Gasteiger partial charge in [0.15, 0.2) is 11.7 Å². The first-order valence-corrected chi connectivity index (χ1v) is 9.68. The molecule has 1 aliphatic rings. The van der Waals surface area contributed by atoms with E-state index in [-0.39, 0.29) is 41.2 Å². The van der Waals surface area contributed by atoms with Gasteiger partial charge in [-0.1, -0.05) is 12.1 Å². The molecule has 7 nitrogen and oxygen atoms in total.